The molecule has 1 unspecified atom stereocenters. The summed E-state index contributed by atoms with van der Waals surface area (Å²) in [6.45, 7) is 2.51. The maximum atomic E-state index is 11.7. The fourth-order valence-corrected chi connectivity index (χ4v) is 1.49. The zero-order valence-corrected chi connectivity index (χ0v) is 10.3. The van der Waals surface area contributed by atoms with Crippen LogP contribution in [0.4, 0.5) is 5.69 Å². The van der Waals surface area contributed by atoms with E-state index < -0.39 is 5.97 Å². The van der Waals surface area contributed by atoms with E-state index in [0.29, 0.717) is 25.1 Å². The lowest BCUT2D eigenvalue weighted by molar-refractivity contribution is -0.116. The van der Waals surface area contributed by atoms with Crippen molar-refractivity contribution in [2.24, 2.45) is 11.7 Å². The normalized spacial score (nSPS) is 11.9. The van der Waals surface area contributed by atoms with Gasteiger partial charge in [-0.15, -0.1) is 0 Å². The van der Waals surface area contributed by atoms with Gasteiger partial charge in [-0.2, -0.15) is 0 Å². The van der Waals surface area contributed by atoms with Crippen molar-refractivity contribution in [2.45, 2.75) is 19.8 Å². The molecule has 0 aliphatic rings. The van der Waals surface area contributed by atoms with Gasteiger partial charge in [-0.25, -0.2) is 4.79 Å². The van der Waals surface area contributed by atoms with Crippen molar-refractivity contribution >= 4 is 17.6 Å². The van der Waals surface area contributed by atoms with Crippen LogP contribution in [0.3, 0.4) is 0 Å². The van der Waals surface area contributed by atoms with E-state index in [1.807, 2.05) is 6.92 Å². The van der Waals surface area contributed by atoms with Gasteiger partial charge in [0.15, 0.2) is 0 Å². The fourth-order valence-electron chi connectivity index (χ4n) is 1.49. The first-order valence-corrected chi connectivity index (χ1v) is 5.86. The van der Waals surface area contributed by atoms with E-state index in [4.69, 9.17) is 10.8 Å². The summed E-state index contributed by atoms with van der Waals surface area (Å²) in [7, 11) is 0. The lowest BCUT2D eigenvalue weighted by atomic mass is 10.1. The minimum Gasteiger partial charge on any atom is -0.478 e. The Morgan fingerprint density at radius 1 is 1.39 bits per heavy atom. The molecule has 0 fully saturated rings. The molecule has 1 amide bonds. The third kappa shape index (κ3) is 4.18. The minimum atomic E-state index is -1.05. The van der Waals surface area contributed by atoms with Crippen LogP contribution in [0.25, 0.3) is 0 Å². The molecule has 1 rings (SSSR count). The highest BCUT2D eigenvalue weighted by atomic mass is 16.4. The summed E-state index contributed by atoms with van der Waals surface area (Å²) in [6.07, 6.45) is 1.03. The molecule has 5 nitrogen and oxygen atoms in total. The van der Waals surface area contributed by atoms with E-state index in [2.05, 4.69) is 5.32 Å². The Morgan fingerprint density at radius 3 is 2.67 bits per heavy atom. The van der Waals surface area contributed by atoms with E-state index in [1.54, 1.807) is 18.2 Å². The highest BCUT2D eigenvalue weighted by Crippen LogP contribution is 2.15. The summed E-state index contributed by atoms with van der Waals surface area (Å²) in [5.74, 6) is -0.962. The number of anilines is 1. The Bertz CT molecular complexity index is 432. The molecule has 5 heteroatoms. The van der Waals surface area contributed by atoms with Gasteiger partial charge >= 0.3 is 5.97 Å². The minimum absolute atomic E-state index is 0.0951. The lowest BCUT2D eigenvalue weighted by Crippen LogP contribution is -2.17. The fraction of sp³-hybridized carbons (Fsp3) is 0.385. The topological polar surface area (TPSA) is 92.4 Å². The molecule has 0 saturated heterocycles. The molecule has 1 aromatic rings. The molecule has 0 bridgehead atoms. The summed E-state index contributed by atoms with van der Waals surface area (Å²) in [5.41, 5.74) is 5.89. The quantitative estimate of drug-likeness (QED) is 0.716. The molecule has 0 spiro atoms. The van der Waals surface area contributed by atoms with Crippen molar-refractivity contribution in [3.05, 3.63) is 29.8 Å². The van der Waals surface area contributed by atoms with Gasteiger partial charge in [0.25, 0.3) is 0 Å². The molecule has 18 heavy (non-hydrogen) atoms. The number of amides is 1. The second-order valence-electron chi connectivity index (χ2n) is 4.28. The van der Waals surface area contributed by atoms with E-state index in [9.17, 15) is 9.59 Å². The first-order chi connectivity index (χ1) is 8.54. The van der Waals surface area contributed by atoms with Crippen molar-refractivity contribution in [1.29, 1.82) is 0 Å². The third-order valence-electron chi connectivity index (χ3n) is 2.70. The standard InChI is InChI=1S/C13H18N2O3/c1-9(8-14)6-7-12(16)15-11-5-3-2-4-10(11)13(17)18/h2-5,9H,6-8,14H2,1H3,(H,15,16)(H,17,18). The first-order valence-electron chi connectivity index (χ1n) is 5.86. The molecule has 0 aliphatic heterocycles. The molecule has 0 aromatic heterocycles. The summed E-state index contributed by atoms with van der Waals surface area (Å²) in [6, 6.07) is 6.34. The zero-order valence-electron chi connectivity index (χ0n) is 10.3. The summed E-state index contributed by atoms with van der Waals surface area (Å²) in [4.78, 5) is 22.6. The van der Waals surface area contributed by atoms with Crippen LogP contribution in [-0.4, -0.2) is 23.5 Å². The number of carbonyl (C=O) groups excluding carboxylic acids is 1. The summed E-state index contributed by atoms with van der Waals surface area (Å²) >= 11 is 0. The Balaban J connectivity index is 2.62. The van der Waals surface area contributed by atoms with Crippen LogP contribution in [0.1, 0.15) is 30.1 Å². The number of para-hydroxylation sites is 1. The second kappa shape index (κ2) is 6.76. The van der Waals surface area contributed by atoms with Crippen molar-refractivity contribution in [2.75, 3.05) is 11.9 Å². The van der Waals surface area contributed by atoms with Crippen molar-refractivity contribution in [3.63, 3.8) is 0 Å². The number of benzene rings is 1. The number of rotatable bonds is 6. The largest absolute Gasteiger partial charge is 0.478 e. The number of carboxylic acid groups (broad SMARTS) is 1. The summed E-state index contributed by atoms with van der Waals surface area (Å²) < 4.78 is 0. The van der Waals surface area contributed by atoms with Gasteiger partial charge in [0.05, 0.1) is 11.3 Å². The summed E-state index contributed by atoms with van der Waals surface area (Å²) in [5, 5.41) is 11.6. The predicted molar refractivity (Wildman–Crippen MR) is 69.5 cm³/mol. The van der Waals surface area contributed by atoms with Gasteiger partial charge in [0.1, 0.15) is 0 Å². The van der Waals surface area contributed by atoms with E-state index in [-0.39, 0.29) is 17.4 Å². The highest BCUT2D eigenvalue weighted by molar-refractivity contribution is 6.00. The third-order valence-corrected chi connectivity index (χ3v) is 2.70. The average Bonchev–Trinajstić information content (AvgIpc) is 2.36. The molecule has 0 heterocycles. The van der Waals surface area contributed by atoms with Gasteiger partial charge in [-0.05, 0) is 31.0 Å². The Kier molecular flexibility index (Phi) is 5.32. The zero-order chi connectivity index (χ0) is 13.5. The number of carboxylic acids is 1. The first kappa shape index (κ1) is 14.2. The van der Waals surface area contributed by atoms with Gasteiger partial charge in [0.2, 0.25) is 5.91 Å². The monoisotopic (exact) mass is 250 g/mol. The number of nitrogens with one attached hydrogen (secondary N) is 1. The molecule has 1 aromatic carbocycles. The van der Waals surface area contributed by atoms with Gasteiger partial charge in [-0.3, -0.25) is 4.79 Å². The Morgan fingerprint density at radius 2 is 2.06 bits per heavy atom. The molecule has 4 N–H and O–H groups in total. The second-order valence-corrected chi connectivity index (χ2v) is 4.28. The molecular weight excluding hydrogens is 232 g/mol. The average molecular weight is 250 g/mol. The molecule has 98 valence electrons. The van der Waals surface area contributed by atoms with Crippen LogP contribution in [0.2, 0.25) is 0 Å². The Labute approximate surface area is 106 Å². The molecule has 1 atom stereocenters. The number of hydrogen-bond donors (Lipinski definition) is 3. The van der Waals surface area contributed by atoms with Crippen LogP contribution in [0.15, 0.2) is 24.3 Å². The number of hydrogen-bond acceptors (Lipinski definition) is 3. The van der Waals surface area contributed by atoms with Crippen LogP contribution >= 0.6 is 0 Å². The maximum absolute atomic E-state index is 11.7. The van der Waals surface area contributed by atoms with Gasteiger partial charge < -0.3 is 16.2 Å². The van der Waals surface area contributed by atoms with Crippen molar-refractivity contribution in [1.82, 2.24) is 0 Å². The number of carbonyl (C=O) groups is 2. The van der Waals surface area contributed by atoms with Gasteiger partial charge in [0, 0.05) is 6.42 Å². The van der Waals surface area contributed by atoms with Crippen LogP contribution in [0.5, 0.6) is 0 Å². The van der Waals surface area contributed by atoms with Crippen LogP contribution < -0.4 is 11.1 Å². The molecular formula is C13H18N2O3. The number of nitrogens with two attached hydrogens (primary N) is 1. The smallest absolute Gasteiger partial charge is 0.337 e. The van der Waals surface area contributed by atoms with Crippen LogP contribution in [0, 0.1) is 5.92 Å². The van der Waals surface area contributed by atoms with E-state index >= 15 is 0 Å². The van der Waals surface area contributed by atoms with Gasteiger partial charge in [-0.1, -0.05) is 19.1 Å². The highest BCUT2D eigenvalue weighted by Gasteiger charge is 2.12. The van der Waals surface area contributed by atoms with Crippen molar-refractivity contribution < 1.29 is 14.7 Å². The predicted octanol–water partition coefficient (Wildman–Crippen LogP) is 1.70. The van der Waals surface area contributed by atoms with Crippen molar-refractivity contribution in [3.8, 4) is 0 Å². The maximum Gasteiger partial charge on any atom is 0.337 e. The van der Waals surface area contributed by atoms with E-state index in [0.717, 1.165) is 0 Å². The lowest BCUT2D eigenvalue weighted by Gasteiger charge is -2.10. The molecule has 0 saturated carbocycles. The molecule has 0 aliphatic carbocycles. The number of aromatic carboxylic acids is 1. The van der Waals surface area contributed by atoms with Crippen LogP contribution in [-0.2, 0) is 4.79 Å². The Hall–Kier alpha value is -1.88. The molecule has 0 radical (unpaired) electrons. The SMILES string of the molecule is CC(CN)CCC(=O)Nc1ccccc1C(=O)O. The van der Waals surface area contributed by atoms with E-state index in [1.165, 1.54) is 6.07 Å².